The smallest absolute Gasteiger partial charge is 0.270 e. The summed E-state index contributed by atoms with van der Waals surface area (Å²) in [4.78, 5) is 28.2. The molecule has 0 spiro atoms. The first-order chi connectivity index (χ1) is 11.1. The van der Waals surface area contributed by atoms with Crippen molar-refractivity contribution in [2.45, 2.75) is 45.1 Å². The summed E-state index contributed by atoms with van der Waals surface area (Å²) < 4.78 is 0. The molecule has 0 unspecified atom stereocenters. The molecule has 2 aromatic rings. The van der Waals surface area contributed by atoms with E-state index in [0.717, 1.165) is 36.6 Å². The molecular formula is C18H23N3O2. The van der Waals surface area contributed by atoms with Crippen LogP contribution in [0.15, 0.2) is 36.4 Å². The Morgan fingerprint density at radius 1 is 1.13 bits per heavy atom. The first-order valence-electron chi connectivity index (χ1n) is 8.07. The molecule has 0 fully saturated rings. The number of benzene rings is 1. The molecule has 0 saturated carbocycles. The highest BCUT2D eigenvalue weighted by atomic mass is 16.2. The number of nitrogens with two attached hydrogens (primary N) is 1. The third kappa shape index (κ3) is 4.77. The van der Waals surface area contributed by atoms with Gasteiger partial charge in [0.2, 0.25) is 5.91 Å². The van der Waals surface area contributed by atoms with Gasteiger partial charge in [-0.25, -0.2) is 4.98 Å². The van der Waals surface area contributed by atoms with E-state index in [0.29, 0.717) is 12.1 Å². The molecule has 1 aromatic carbocycles. The molecule has 122 valence electrons. The molecule has 0 bridgehead atoms. The normalized spacial score (nSPS) is 12.0. The predicted molar refractivity (Wildman–Crippen MR) is 91.0 cm³/mol. The Balaban J connectivity index is 2.03. The third-order valence-electron chi connectivity index (χ3n) is 3.83. The van der Waals surface area contributed by atoms with Gasteiger partial charge in [0.25, 0.3) is 5.91 Å². The molecule has 1 aromatic heterocycles. The molecule has 0 saturated heterocycles. The molecule has 23 heavy (non-hydrogen) atoms. The molecule has 2 rings (SSSR count). The Kier molecular flexibility index (Phi) is 6.09. The Morgan fingerprint density at radius 3 is 2.65 bits per heavy atom. The lowest BCUT2D eigenvalue weighted by atomic mass is 10.1. The van der Waals surface area contributed by atoms with Gasteiger partial charge in [-0.1, -0.05) is 56.9 Å². The summed E-state index contributed by atoms with van der Waals surface area (Å²) in [5, 5.41) is 3.67. The fourth-order valence-corrected chi connectivity index (χ4v) is 2.49. The minimum atomic E-state index is -0.646. The molecular weight excluding hydrogens is 290 g/mol. The monoisotopic (exact) mass is 313 g/mol. The molecule has 0 aliphatic rings. The number of nitrogens with one attached hydrogen (secondary N) is 1. The van der Waals surface area contributed by atoms with E-state index in [9.17, 15) is 9.59 Å². The van der Waals surface area contributed by atoms with Crippen molar-refractivity contribution in [3.63, 3.8) is 0 Å². The number of primary amides is 1. The van der Waals surface area contributed by atoms with Crippen molar-refractivity contribution in [1.82, 2.24) is 10.3 Å². The largest absolute Gasteiger partial charge is 0.368 e. The third-order valence-corrected chi connectivity index (χ3v) is 3.83. The second-order valence-corrected chi connectivity index (χ2v) is 5.67. The maximum atomic E-state index is 12.3. The van der Waals surface area contributed by atoms with Crippen LogP contribution in [0.25, 0.3) is 10.9 Å². The van der Waals surface area contributed by atoms with Crippen molar-refractivity contribution in [3.05, 3.63) is 42.1 Å². The number of nitrogens with zero attached hydrogens (tertiary/aromatic N) is 1. The number of pyridine rings is 1. The van der Waals surface area contributed by atoms with E-state index in [1.807, 2.05) is 30.3 Å². The summed E-state index contributed by atoms with van der Waals surface area (Å²) in [5.41, 5.74) is 6.44. The Bertz CT molecular complexity index is 685. The molecule has 5 heteroatoms. The zero-order valence-corrected chi connectivity index (χ0v) is 13.4. The average Bonchev–Trinajstić information content (AvgIpc) is 2.56. The highest BCUT2D eigenvalue weighted by Gasteiger charge is 2.19. The first kappa shape index (κ1) is 16.9. The highest BCUT2D eigenvalue weighted by molar-refractivity contribution is 5.97. The van der Waals surface area contributed by atoms with Crippen LogP contribution in [0.3, 0.4) is 0 Å². The molecule has 1 atom stereocenters. The van der Waals surface area contributed by atoms with Crippen LogP contribution in [-0.2, 0) is 4.79 Å². The van der Waals surface area contributed by atoms with E-state index in [1.54, 1.807) is 6.07 Å². The van der Waals surface area contributed by atoms with Crippen molar-refractivity contribution < 1.29 is 9.59 Å². The lowest BCUT2D eigenvalue weighted by Gasteiger charge is -2.15. The number of carbonyl (C=O) groups excluding carboxylic acids is 2. The van der Waals surface area contributed by atoms with E-state index < -0.39 is 11.9 Å². The number of carbonyl (C=O) groups is 2. The minimum absolute atomic E-state index is 0.295. The van der Waals surface area contributed by atoms with Crippen LogP contribution in [0, 0.1) is 0 Å². The van der Waals surface area contributed by atoms with Gasteiger partial charge in [-0.2, -0.15) is 0 Å². The summed E-state index contributed by atoms with van der Waals surface area (Å²) >= 11 is 0. The van der Waals surface area contributed by atoms with Gasteiger partial charge in [0.05, 0.1) is 5.52 Å². The van der Waals surface area contributed by atoms with E-state index in [-0.39, 0.29) is 5.91 Å². The topological polar surface area (TPSA) is 85.1 Å². The van der Waals surface area contributed by atoms with Crippen molar-refractivity contribution in [3.8, 4) is 0 Å². The van der Waals surface area contributed by atoms with Gasteiger partial charge in [0, 0.05) is 5.39 Å². The van der Waals surface area contributed by atoms with Gasteiger partial charge >= 0.3 is 0 Å². The SMILES string of the molecule is CCCCCC[C@H](NC(=O)c1ccc2ccccc2n1)C(N)=O. The zero-order valence-electron chi connectivity index (χ0n) is 13.4. The van der Waals surface area contributed by atoms with Gasteiger partial charge in [-0.05, 0) is 18.6 Å². The lowest BCUT2D eigenvalue weighted by molar-refractivity contribution is -0.120. The Hall–Kier alpha value is -2.43. The van der Waals surface area contributed by atoms with Crippen LogP contribution in [0.2, 0.25) is 0 Å². The Morgan fingerprint density at radius 2 is 1.91 bits per heavy atom. The molecule has 1 heterocycles. The van der Waals surface area contributed by atoms with Crippen LogP contribution in [0.4, 0.5) is 0 Å². The van der Waals surface area contributed by atoms with E-state index >= 15 is 0 Å². The summed E-state index contributed by atoms with van der Waals surface area (Å²) in [6.45, 7) is 2.12. The maximum absolute atomic E-state index is 12.3. The van der Waals surface area contributed by atoms with E-state index in [1.165, 1.54) is 0 Å². The van der Waals surface area contributed by atoms with Crippen molar-refractivity contribution in [1.29, 1.82) is 0 Å². The summed E-state index contributed by atoms with van der Waals surface area (Å²) in [5.74, 6) is -0.870. The van der Waals surface area contributed by atoms with Gasteiger partial charge in [0.15, 0.2) is 0 Å². The minimum Gasteiger partial charge on any atom is -0.368 e. The number of unbranched alkanes of at least 4 members (excludes halogenated alkanes) is 3. The fraction of sp³-hybridized carbons (Fsp3) is 0.389. The number of hydrogen-bond donors (Lipinski definition) is 2. The first-order valence-corrected chi connectivity index (χ1v) is 8.07. The summed E-state index contributed by atoms with van der Waals surface area (Å²) in [6.07, 6.45) is 4.70. The predicted octanol–water partition coefficient (Wildman–Crippen LogP) is 2.79. The molecule has 0 radical (unpaired) electrons. The van der Waals surface area contributed by atoms with Gasteiger partial charge in [0.1, 0.15) is 11.7 Å². The van der Waals surface area contributed by atoms with Crippen LogP contribution < -0.4 is 11.1 Å². The van der Waals surface area contributed by atoms with Crippen molar-refractivity contribution in [2.24, 2.45) is 5.73 Å². The summed E-state index contributed by atoms with van der Waals surface area (Å²) in [6, 6.07) is 10.4. The number of hydrogen-bond acceptors (Lipinski definition) is 3. The zero-order chi connectivity index (χ0) is 16.7. The molecule has 0 aliphatic carbocycles. The van der Waals surface area contributed by atoms with Gasteiger partial charge in [-0.3, -0.25) is 9.59 Å². The molecule has 3 N–H and O–H groups in total. The Labute approximate surface area is 136 Å². The maximum Gasteiger partial charge on any atom is 0.270 e. The van der Waals surface area contributed by atoms with Crippen molar-refractivity contribution >= 4 is 22.7 Å². The molecule has 5 nitrogen and oxygen atoms in total. The van der Waals surface area contributed by atoms with Crippen LogP contribution in [0.5, 0.6) is 0 Å². The number of aromatic nitrogens is 1. The van der Waals surface area contributed by atoms with E-state index in [4.69, 9.17) is 5.73 Å². The highest BCUT2D eigenvalue weighted by Crippen LogP contribution is 2.12. The van der Waals surface area contributed by atoms with Crippen LogP contribution in [-0.4, -0.2) is 22.8 Å². The van der Waals surface area contributed by atoms with Crippen LogP contribution in [0.1, 0.15) is 49.5 Å². The lowest BCUT2D eigenvalue weighted by Crippen LogP contribution is -2.44. The van der Waals surface area contributed by atoms with Crippen molar-refractivity contribution in [2.75, 3.05) is 0 Å². The molecule has 2 amide bonds. The number of rotatable bonds is 8. The summed E-state index contributed by atoms with van der Waals surface area (Å²) in [7, 11) is 0. The quantitative estimate of drug-likeness (QED) is 0.735. The number of para-hydroxylation sites is 1. The number of amides is 2. The standard InChI is InChI=1S/C18H23N3O2/c1-2-3-4-5-10-15(17(19)22)21-18(23)16-12-11-13-8-6-7-9-14(13)20-16/h6-9,11-12,15H,2-5,10H2,1H3,(H2,19,22)(H,21,23)/t15-/m0/s1. The van der Waals surface area contributed by atoms with Gasteiger partial charge in [-0.15, -0.1) is 0 Å². The molecule has 0 aliphatic heterocycles. The van der Waals surface area contributed by atoms with E-state index in [2.05, 4.69) is 17.2 Å². The van der Waals surface area contributed by atoms with Crippen LogP contribution >= 0.6 is 0 Å². The number of fused-ring (bicyclic) bond motifs is 1. The average molecular weight is 313 g/mol. The fourth-order valence-electron chi connectivity index (χ4n) is 2.49. The second kappa shape index (κ2) is 8.27. The second-order valence-electron chi connectivity index (χ2n) is 5.67. The van der Waals surface area contributed by atoms with Gasteiger partial charge < -0.3 is 11.1 Å².